The van der Waals surface area contributed by atoms with Crippen molar-refractivity contribution in [2.24, 2.45) is 5.92 Å². The van der Waals surface area contributed by atoms with Crippen molar-refractivity contribution >= 4 is 12.4 Å². The standard InChI is InChI=1S/C5H11NO.ClH/c1-5-2-6-4-7-3-5;/h5-6H,2-4H2,1H3;1H. The maximum absolute atomic E-state index is 5.07. The molecule has 2 nitrogen and oxygen atoms in total. The molecule has 1 unspecified atom stereocenters. The molecule has 0 radical (unpaired) electrons. The molecule has 1 rings (SSSR count). The van der Waals surface area contributed by atoms with Gasteiger partial charge >= 0.3 is 0 Å². The van der Waals surface area contributed by atoms with Crippen molar-refractivity contribution in [2.45, 2.75) is 6.92 Å². The van der Waals surface area contributed by atoms with Crippen LogP contribution in [0.4, 0.5) is 0 Å². The van der Waals surface area contributed by atoms with Gasteiger partial charge in [-0.3, -0.25) is 5.32 Å². The number of nitrogens with one attached hydrogen (secondary N) is 1. The second-order valence-electron chi connectivity index (χ2n) is 2.07. The zero-order chi connectivity index (χ0) is 5.11. The van der Waals surface area contributed by atoms with E-state index in [0.29, 0.717) is 5.92 Å². The van der Waals surface area contributed by atoms with Crippen molar-refractivity contribution in [3.8, 4) is 0 Å². The van der Waals surface area contributed by atoms with Gasteiger partial charge < -0.3 is 4.74 Å². The fourth-order valence-electron chi connectivity index (χ4n) is 0.697. The monoisotopic (exact) mass is 137 g/mol. The van der Waals surface area contributed by atoms with Crippen molar-refractivity contribution < 1.29 is 4.74 Å². The molecular weight excluding hydrogens is 126 g/mol. The van der Waals surface area contributed by atoms with E-state index in [1.54, 1.807) is 0 Å². The molecule has 3 heteroatoms. The minimum atomic E-state index is 0. The highest BCUT2D eigenvalue weighted by atomic mass is 35.5. The van der Waals surface area contributed by atoms with Gasteiger partial charge in [0.2, 0.25) is 0 Å². The lowest BCUT2D eigenvalue weighted by atomic mass is 10.2. The second-order valence-corrected chi connectivity index (χ2v) is 2.07. The third kappa shape index (κ3) is 2.50. The van der Waals surface area contributed by atoms with E-state index in [1.165, 1.54) is 0 Å². The normalized spacial score (nSPS) is 28.9. The molecule has 1 atom stereocenters. The van der Waals surface area contributed by atoms with Gasteiger partial charge in [-0.25, -0.2) is 0 Å². The number of hydrogen-bond donors (Lipinski definition) is 1. The van der Waals surface area contributed by atoms with Crippen LogP contribution in [0.1, 0.15) is 6.92 Å². The maximum atomic E-state index is 5.07. The van der Waals surface area contributed by atoms with E-state index in [-0.39, 0.29) is 12.4 Å². The van der Waals surface area contributed by atoms with Gasteiger partial charge in [-0.05, 0) is 5.92 Å². The molecule has 1 saturated heterocycles. The largest absolute Gasteiger partial charge is 0.366 e. The van der Waals surface area contributed by atoms with E-state index in [0.717, 1.165) is 19.9 Å². The smallest absolute Gasteiger partial charge is 0.0965 e. The molecule has 0 aliphatic carbocycles. The molecule has 0 aromatic carbocycles. The van der Waals surface area contributed by atoms with E-state index in [2.05, 4.69) is 12.2 Å². The minimum absolute atomic E-state index is 0. The van der Waals surface area contributed by atoms with Crippen LogP contribution >= 0.6 is 12.4 Å². The summed E-state index contributed by atoms with van der Waals surface area (Å²) in [5.41, 5.74) is 0. The molecule has 1 aliphatic rings. The molecule has 0 aromatic rings. The summed E-state index contributed by atoms with van der Waals surface area (Å²) in [6.45, 7) is 4.95. The van der Waals surface area contributed by atoms with Crippen molar-refractivity contribution in [1.82, 2.24) is 5.32 Å². The Balaban J connectivity index is 0.000000490. The first kappa shape index (κ1) is 8.21. The van der Waals surface area contributed by atoms with E-state index in [4.69, 9.17) is 4.74 Å². The Morgan fingerprint density at radius 2 is 2.38 bits per heavy atom. The van der Waals surface area contributed by atoms with Gasteiger partial charge in [0, 0.05) is 6.54 Å². The highest BCUT2D eigenvalue weighted by Crippen LogP contribution is 1.96. The lowest BCUT2D eigenvalue weighted by Crippen LogP contribution is -2.32. The van der Waals surface area contributed by atoms with Crippen LogP contribution in [0.15, 0.2) is 0 Å². The van der Waals surface area contributed by atoms with Gasteiger partial charge in [0.1, 0.15) is 0 Å². The first-order valence-electron chi connectivity index (χ1n) is 2.68. The SMILES string of the molecule is CC1CNCOC1.Cl. The van der Waals surface area contributed by atoms with Gasteiger partial charge in [-0.1, -0.05) is 6.92 Å². The molecule has 0 saturated carbocycles. The molecule has 1 fully saturated rings. The van der Waals surface area contributed by atoms with Crippen LogP contribution in [0.2, 0.25) is 0 Å². The average Bonchev–Trinajstić information content (AvgIpc) is 1.69. The number of ether oxygens (including phenoxy) is 1. The number of rotatable bonds is 0. The maximum Gasteiger partial charge on any atom is 0.0965 e. The van der Waals surface area contributed by atoms with E-state index in [9.17, 15) is 0 Å². The van der Waals surface area contributed by atoms with Crippen LogP contribution < -0.4 is 5.32 Å². The van der Waals surface area contributed by atoms with Gasteiger partial charge in [-0.15, -0.1) is 12.4 Å². The second kappa shape index (κ2) is 4.13. The topological polar surface area (TPSA) is 21.3 Å². The van der Waals surface area contributed by atoms with Crippen LogP contribution in [0.3, 0.4) is 0 Å². The molecule has 1 heterocycles. The predicted octanol–water partition coefficient (Wildman–Crippen LogP) is 0.622. The summed E-state index contributed by atoms with van der Waals surface area (Å²) < 4.78 is 5.07. The lowest BCUT2D eigenvalue weighted by Gasteiger charge is -2.18. The van der Waals surface area contributed by atoms with Crippen molar-refractivity contribution in [1.29, 1.82) is 0 Å². The summed E-state index contributed by atoms with van der Waals surface area (Å²) in [6.07, 6.45) is 0. The third-order valence-corrected chi connectivity index (χ3v) is 1.10. The molecule has 8 heavy (non-hydrogen) atoms. The fourth-order valence-corrected chi connectivity index (χ4v) is 0.697. The number of hydrogen-bond acceptors (Lipinski definition) is 2. The quantitative estimate of drug-likeness (QED) is 0.529. The lowest BCUT2D eigenvalue weighted by molar-refractivity contribution is 0.0522. The van der Waals surface area contributed by atoms with E-state index >= 15 is 0 Å². The Morgan fingerprint density at radius 3 is 2.62 bits per heavy atom. The summed E-state index contributed by atoms with van der Waals surface area (Å²) >= 11 is 0. The first-order chi connectivity index (χ1) is 3.39. The third-order valence-electron chi connectivity index (χ3n) is 1.10. The summed E-state index contributed by atoms with van der Waals surface area (Å²) in [5, 5.41) is 3.11. The van der Waals surface area contributed by atoms with Crippen LogP contribution in [-0.4, -0.2) is 19.9 Å². The van der Waals surface area contributed by atoms with Crippen LogP contribution in [0.25, 0.3) is 0 Å². The van der Waals surface area contributed by atoms with Gasteiger partial charge in [-0.2, -0.15) is 0 Å². The molecule has 1 aliphatic heterocycles. The number of halogens is 1. The molecule has 0 bridgehead atoms. The van der Waals surface area contributed by atoms with Crippen LogP contribution in [0, 0.1) is 5.92 Å². The fraction of sp³-hybridized carbons (Fsp3) is 1.00. The Bertz CT molecular complexity index is 54.4. The predicted molar refractivity (Wildman–Crippen MR) is 35.2 cm³/mol. The van der Waals surface area contributed by atoms with Gasteiger partial charge in [0.15, 0.2) is 0 Å². The van der Waals surface area contributed by atoms with Crippen molar-refractivity contribution in [2.75, 3.05) is 19.9 Å². The Labute approximate surface area is 56.0 Å². The average molecular weight is 138 g/mol. The molecule has 0 amide bonds. The summed E-state index contributed by atoms with van der Waals surface area (Å²) in [6, 6.07) is 0. The zero-order valence-corrected chi connectivity index (χ0v) is 5.83. The van der Waals surface area contributed by atoms with E-state index < -0.39 is 0 Å². The van der Waals surface area contributed by atoms with E-state index in [1.807, 2.05) is 0 Å². The molecule has 50 valence electrons. The molecule has 0 spiro atoms. The summed E-state index contributed by atoms with van der Waals surface area (Å²) in [5.74, 6) is 0.703. The van der Waals surface area contributed by atoms with Crippen molar-refractivity contribution in [3.05, 3.63) is 0 Å². The highest BCUT2D eigenvalue weighted by molar-refractivity contribution is 5.85. The van der Waals surface area contributed by atoms with Gasteiger partial charge in [0.05, 0.1) is 13.3 Å². The summed E-state index contributed by atoms with van der Waals surface area (Å²) in [4.78, 5) is 0. The Kier molecular flexibility index (Phi) is 4.23. The minimum Gasteiger partial charge on any atom is -0.366 e. The molecule has 1 N–H and O–H groups in total. The van der Waals surface area contributed by atoms with Crippen molar-refractivity contribution in [3.63, 3.8) is 0 Å². The zero-order valence-electron chi connectivity index (χ0n) is 5.02. The highest BCUT2D eigenvalue weighted by Gasteiger charge is 2.05. The van der Waals surface area contributed by atoms with Gasteiger partial charge in [0.25, 0.3) is 0 Å². The summed E-state index contributed by atoms with van der Waals surface area (Å²) in [7, 11) is 0. The van der Waals surface area contributed by atoms with Crippen LogP contribution in [0.5, 0.6) is 0 Å². The Hall–Kier alpha value is 0.210. The van der Waals surface area contributed by atoms with Crippen LogP contribution in [-0.2, 0) is 4.74 Å². The molecule has 0 aromatic heterocycles. The molecular formula is C5H12ClNO. The Morgan fingerprint density at radius 1 is 1.62 bits per heavy atom. The first-order valence-corrected chi connectivity index (χ1v) is 2.68.